The van der Waals surface area contributed by atoms with Gasteiger partial charge in [0.2, 0.25) is 0 Å². The third-order valence-corrected chi connectivity index (χ3v) is 11.9. The van der Waals surface area contributed by atoms with Crippen LogP contribution in [0.15, 0.2) is 136 Å². The van der Waals surface area contributed by atoms with Crippen molar-refractivity contribution in [3.05, 3.63) is 149 Å². The Hall–Kier alpha value is -5.98. The van der Waals surface area contributed by atoms with E-state index in [4.69, 9.17) is 15.3 Å². The van der Waals surface area contributed by atoms with Crippen molar-refractivity contribution >= 4 is 61.6 Å². The van der Waals surface area contributed by atoms with Gasteiger partial charge in [0.05, 0.1) is 5.69 Å². The molecular formula is C49H39NO2. The minimum Gasteiger partial charge on any atom is -0.456 e. The van der Waals surface area contributed by atoms with Gasteiger partial charge in [-0.25, -0.2) is 0 Å². The molecular weight excluding hydrogens is 635 g/mol. The lowest BCUT2D eigenvalue weighted by atomic mass is 9.67. The first-order chi connectivity index (χ1) is 25.7. The van der Waals surface area contributed by atoms with Crippen LogP contribution in [0.2, 0.25) is 0 Å². The van der Waals surface area contributed by atoms with Crippen LogP contribution in [0.1, 0.15) is 63.0 Å². The summed E-state index contributed by atoms with van der Waals surface area (Å²) in [5.74, 6) is 2.79. The fourth-order valence-electron chi connectivity index (χ4n) is 9.67. The molecule has 5 aromatic carbocycles. The van der Waals surface area contributed by atoms with E-state index in [2.05, 4.69) is 127 Å². The number of allylic oxidation sites excluding steroid dienone is 4. The SMILES string of the molecule is C#C/C=C\C1=C(C)c2c(N(C3=c4c(oc5ccccc45)=CCC3)c3ccc(-c4cccc5c4oc4ccccc45)cc3)cccc2C12CCCCC2. The van der Waals surface area contributed by atoms with Crippen LogP contribution in [-0.4, -0.2) is 0 Å². The lowest BCUT2D eigenvalue weighted by Gasteiger charge is -2.37. The predicted molar refractivity (Wildman–Crippen MR) is 216 cm³/mol. The van der Waals surface area contributed by atoms with Crippen molar-refractivity contribution in [1.82, 2.24) is 0 Å². The zero-order chi connectivity index (χ0) is 34.8. The molecule has 1 fully saturated rings. The molecule has 0 N–H and O–H groups in total. The third-order valence-electron chi connectivity index (χ3n) is 11.9. The number of para-hydroxylation sites is 3. The molecule has 3 nitrogen and oxygen atoms in total. The second-order valence-electron chi connectivity index (χ2n) is 14.6. The number of hydrogen-bond donors (Lipinski definition) is 0. The van der Waals surface area contributed by atoms with Crippen molar-refractivity contribution in [1.29, 1.82) is 0 Å². The number of fused-ring (bicyclic) bond motifs is 8. The summed E-state index contributed by atoms with van der Waals surface area (Å²) in [4.78, 5) is 2.53. The molecule has 0 atom stereocenters. The minimum atomic E-state index is -0.0136. The Bertz CT molecular complexity index is 2790. The van der Waals surface area contributed by atoms with Crippen molar-refractivity contribution in [3.63, 3.8) is 0 Å². The Kier molecular flexibility index (Phi) is 7.15. The third kappa shape index (κ3) is 4.54. The molecule has 0 radical (unpaired) electrons. The van der Waals surface area contributed by atoms with E-state index in [-0.39, 0.29) is 5.41 Å². The molecule has 3 aliphatic rings. The van der Waals surface area contributed by atoms with Crippen molar-refractivity contribution in [2.75, 3.05) is 4.90 Å². The number of nitrogens with zero attached hydrogens (tertiary/aromatic N) is 1. The van der Waals surface area contributed by atoms with Crippen LogP contribution in [0.3, 0.4) is 0 Å². The maximum Gasteiger partial charge on any atom is 0.143 e. The molecule has 2 heterocycles. The van der Waals surface area contributed by atoms with E-state index in [1.807, 2.05) is 18.2 Å². The Morgan fingerprint density at radius 2 is 1.48 bits per heavy atom. The summed E-state index contributed by atoms with van der Waals surface area (Å²) in [6.45, 7) is 2.31. The van der Waals surface area contributed by atoms with Gasteiger partial charge in [-0.3, -0.25) is 0 Å². The lowest BCUT2D eigenvalue weighted by molar-refractivity contribution is 0.350. The second-order valence-corrected chi connectivity index (χ2v) is 14.6. The summed E-state index contributed by atoms with van der Waals surface area (Å²) in [5, 5.41) is 4.63. The van der Waals surface area contributed by atoms with Gasteiger partial charge in [-0.1, -0.05) is 104 Å². The Labute approximate surface area is 303 Å². The number of rotatable bonds is 5. The highest BCUT2D eigenvalue weighted by atomic mass is 16.3. The van der Waals surface area contributed by atoms with Gasteiger partial charge in [0, 0.05) is 49.3 Å². The molecule has 1 saturated carbocycles. The second kappa shape index (κ2) is 12.1. The largest absolute Gasteiger partial charge is 0.456 e. The summed E-state index contributed by atoms with van der Waals surface area (Å²) in [6, 6.07) is 39.3. The maximum absolute atomic E-state index is 6.50. The Balaban J connectivity index is 1.21. The monoisotopic (exact) mass is 673 g/mol. The number of benzene rings is 5. The molecule has 0 amide bonds. The number of furan rings is 2. The number of anilines is 2. The molecule has 0 bridgehead atoms. The summed E-state index contributed by atoms with van der Waals surface area (Å²) in [5.41, 5.74) is 15.0. The Morgan fingerprint density at radius 1 is 0.750 bits per heavy atom. The van der Waals surface area contributed by atoms with Crippen molar-refractivity contribution in [2.24, 2.45) is 0 Å². The van der Waals surface area contributed by atoms with Crippen LogP contribution in [0.5, 0.6) is 0 Å². The first kappa shape index (κ1) is 30.8. The van der Waals surface area contributed by atoms with Gasteiger partial charge >= 0.3 is 0 Å². The Morgan fingerprint density at radius 3 is 2.29 bits per heavy atom. The normalized spacial score (nSPS) is 16.5. The van der Waals surface area contributed by atoms with Gasteiger partial charge in [-0.2, -0.15) is 0 Å². The highest BCUT2D eigenvalue weighted by molar-refractivity contribution is 6.09. The molecule has 7 aromatic rings. The molecule has 1 spiro atoms. The summed E-state index contributed by atoms with van der Waals surface area (Å²) >= 11 is 0. The van der Waals surface area contributed by atoms with E-state index >= 15 is 0 Å². The molecule has 10 rings (SSSR count). The van der Waals surface area contributed by atoms with Crippen LogP contribution in [-0.2, 0) is 5.41 Å². The zero-order valence-corrected chi connectivity index (χ0v) is 29.4. The van der Waals surface area contributed by atoms with Gasteiger partial charge in [-0.05, 0) is 103 Å². The molecule has 0 unspecified atom stereocenters. The zero-order valence-electron chi connectivity index (χ0n) is 29.4. The van der Waals surface area contributed by atoms with Crippen LogP contribution in [0.25, 0.3) is 61.4 Å². The van der Waals surface area contributed by atoms with Gasteiger partial charge in [0.1, 0.15) is 22.2 Å². The quantitative estimate of drug-likeness (QED) is 0.170. The fourth-order valence-corrected chi connectivity index (χ4v) is 9.67. The van der Waals surface area contributed by atoms with Crippen LogP contribution in [0, 0.1) is 12.3 Å². The lowest BCUT2D eigenvalue weighted by Crippen LogP contribution is -2.33. The highest BCUT2D eigenvalue weighted by Crippen LogP contribution is 2.57. The fraction of sp³-hybridized carbons (Fsp3) is 0.184. The highest BCUT2D eigenvalue weighted by Gasteiger charge is 2.45. The first-order valence-corrected chi connectivity index (χ1v) is 18.7. The molecule has 2 aromatic heterocycles. The van der Waals surface area contributed by atoms with Crippen molar-refractivity contribution in [2.45, 2.75) is 57.3 Å². The van der Waals surface area contributed by atoms with E-state index in [0.29, 0.717) is 0 Å². The molecule has 3 aliphatic carbocycles. The van der Waals surface area contributed by atoms with Crippen molar-refractivity contribution < 1.29 is 8.83 Å². The summed E-state index contributed by atoms with van der Waals surface area (Å²) in [7, 11) is 0. The van der Waals surface area contributed by atoms with E-state index in [9.17, 15) is 0 Å². The van der Waals surface area contributed by atoms with Gasteiger partial charge in [-0.15, -0.1) is 6.42 Å². The van der Waals surface area contributed by atoms with E-state index in [0.717, 1.165) is 80.8 Å². The predicted octanol–water partition coefficient (Wildman–Crippen LogP) is 11.7. The summed E-state index contributed by atoms with van der Waals surface area (Å²) in [6.07, 6.45) is 20.1. The molecule has 52 heavy (non-hydrogen) atoms. The topological polar surface area (TPSA) is 29.5 Å². The maximum atomic E-state index is 6.50. The number of hydrogen-bond acceptors (Lipinski definition) is 3. The average molecular weight is 674 g/mol. The van der Waals surface area contributed by atoms with E-state index < -0.39 is 0 Å². The standard InChI is InChI=1S/C49H39NO2/c1-3-4-19-39-32(2)46-40(49(39)30-10-5-11-31-49)20-13-21-41(46)50(42-22-14-25-45-47(42)38-16-7-9-24-44(38)51-45)34-28-26-33(27-29-34)35-17-12-18-37-36-15-6-8-23-43(36)52-48(35)37/h1,4,6-9,12-13,15-21,23-29H,5,10-11,14,22,30-31H2,2H3/b19-4-. The van der Waals surface area contributed by atoms with E-state index in [1.165, 1.54) is 58.1 Å². The molecule has 3 heteroatoms. The molecule has 0 aliphatic heterocycles. The number of terminal acetylenes is 1. The summed E-state index contributed by atoms with van der Waals surface area (Å²) < 4.78 is 13.0. The van der Waals surface area contributed by atoms with Crippen LogP contribution >= 0.6 is 0 Å². The first-order valence-electron chi connectivity index (χ1n) is 18.7. The van der Waals surface area contributed by atoms with Crippen LogP contribution < -0.4 is 15.5 Å². The minimum absolute atomic E-state index is 0.0136. The molecule has 252 valence electrons. The van der Waals surface area contributed by atoms with E-state index in [1.54, 1.807) is 0 Å². The average Bonchev–Trinajstić information content (AvgIpc) is 3.84. The van der Waals surface area contributed by atoms with Gasteiger partial charge in [0.15, 0.2) is 0 Å². The smallest absolute Gasteiger partial charge is 0.143 e. The van der Waals surface area contributed by atoms with Gasteiger partial charge < -0.3 is 13.7 Å². The van der Waals surface area contributed by atoms with Crippen LogP contribution in [0.4, 0.5) is 11.4 Å². The van der Waals surface area contributed by atoms with Gasteiger partial charge in [0.25, 0.3) is 0 Å². The van der Waals surface area contributed by atoms with Crippen molar-refractivity contribution in [3.8, 4) is 23.5 Å². The molecule has 0 saturated heterocycles.